The molecule has 5 heteroatoms. The first-order valence-electron chi connectivity index (χ1n) is 6.15. The van der Waals surface area contributed by atoms with Gasteiger partial charge in [0.15, 0.2) is 11.5 Å². The number of hydrogen-bond acceptors (Lipinski definition) is 3. The summed E-state index contributed by atoms with van der Waals surface area (Å²) in [6, 6.07) is 12.9. The van der Waals surface area contributed by atoms with Gasteiger partial charge in [-0.15, -0.1) is 0 Å². The predicted octanol–water partition coefficient (Wildman–Crippen LogP) is 3.11. The van der Waals surface area contributed by atoms with Crippen LogP contribution in [0.25, 0.3) is 0 Å². The molecule has 1 N–H and O–H groups in total. The minimum atomic E-state index is -0.117. The van der Waals surface area contributed by atoms with Crippen molar-refractivity contribution >= 4 is 21.8 Å². The lowest BCUT2D eigenvalue weighted by atomic mass is 10.1. The Morgan fingerprint density at radius 2 is 1.95 bits per heavy atom. The van der Waals surface area contributed by atoms with Gasteiger partial charge in [-0.1, -0.05) is 28.1 Å². The fourth-order valence-corrected chi connectivity index (χ4v) is 2.27. The zero-order chi connectivity index (χ0) is 13.9. The van der Waals surface area contributed by atoms with E-state index in [0.717, 1.165) is 15.8 Å². The van der Waals surface area contributed by atoms with Crippen molar-refractivity contribution in [2.45, 2.75) is 6.54 Å². The quantitative estimate of drug-likeness (QED) is 0.938. The molecule has 0 aliphatic carbocycles. The number of rotatable bonds is 3. The molecule has 0 bridgehead atoms. The Hall–Kier alpha value is -2.01. The first kappa shape index (κ1) is 13.0. The molecule has 0 unspecified atom stereocenters. The van der Waals surface area contributed by atoms with E-state index in [-0.39, 0.29) is 12.7 Å². The molecule has 0 atom stereocenters. The van der Waals surface area contributed by atoms with Crippen LogP contribution in [0, 0.1) is 0 Å². The Kier molecular flexibility index (Phi) is 3.60. The van der Waals surface area contributed by atoms with E-state index in [1.807, 2.05) is 30.3 Å². The summed E-state index contributed by atoms with van der Waals surface area (Å²) in [7, 11) is 0. The maximum atomic E-state index is 12.0. The number of carbonyl (C=O) groups is 1. The first-order chi connectivity index (χ1) is 9.74. The average Bonchev–Trinajstić information content (AvgIpc) is 2.94. The maximum absolute atomic E-state index is 12.0. The molecule has 0 spiro atoms. The summed E-state index contributed by atoms with van der Waals surface area (Å²) in [5.74, 6) is 1.32. The highest BCUT2D eigenvalue weighted by Crippen LogP contribution is 2.35. The second kappa shape index (κ2) is 5.54. The molecule has 3 rings (SSSR count). The number of nitrogens with one attached hydrogen (secondary N) is 1. The molecule has 102 valence electrons. The second-order valence-corrected chi connectivity index (χ2v) is 5.26. The molecule has 2 aromatic rings. The lowest BCUT2D eigenvalue weighted by Gasteiger charge is -2.08. The van der Waals surface area contributed by atoms with Crippen LogP contribution < -0.4 is 14.8 Å². The summed E-state index contributed by atoms with van der Waals surface area (Å²) in [5.41, 5.74) is 1.53. The third-order valence-corrected chi connectivity index (χ3v) is 3.55. The Morgan fingerprint density at radius 1 is 1.15 bits per heavy atom. The third kappa shape index (κ3) is 2.63. The van der Waals surface area contributed by atoms with Crippen LogP contribution in [0.3, 0.4) is 0 Å². The number of amides is 1. The van der Waals surface area contributed by atoms with Gasteiger partial charge in [0, 0.05) is 22.1 Å². The van der Waals surface area contributed by atoms with Gasteiger partial charge in [-0.25, -0.2) is 0 Å². The van der Waals surface area contributed by atoms with E-state index in [9.17, 15) is 4.79 Å². The monoisotopic (exact) mass is 333 g/mol. The Morgan fingerprint density at radius 3 is 2.75 bits per heavy atom. The molecule has 0 saturated heterocycles. The Labute approximate surface area is 124 Å². The summed E-state index contributed by atoms with van der Waals surface area (Å²) in [6.07, 6.45) is 0. The van der Waals surface area contributed by atoms with E-state index in [1.165, 1.54) is 0 Å². The zero-order valence-electron chi connectivity index (χ0n) is 10.6. The van der Waals surface area contributed by atoms with E-state index >= 15 is 0 Å². The highest BCUT2D eigenvalue weighted by atomic mass is 79.9. The van der Waals surface area contributed by atoms with Crippen molar-refractivity contribution in [2.75, 3.05) is 6.79 Å². The molecule has 1 aliphatic heterocycles. The molecule has 0 radical (unpaired) electrons. The van der Waals surface area contributed by atoms with E-state index in [1.54, 1.807) is 12.1 Å². The number of carbonyl (C=O) groups excluding carboxylic acids is 1. The maximum Gasteiger partial charge on any atom is 0.251 e. The average molecular weight is 334 g/mol. The molecule has 0 saturated carbocycles. The van der Waals surface area contributed by atoms with Crippen LogP contribution >= 0.6 is 15.9 Å². The number of benzene rings is 2. The van der Waals surface area contributed by atoms with Crippen molar-refractivity contribution < 1.29 is 14.3 Å². The van der Waals surface area contributed by atoms with Gasteiger partial charge in [-0.2, -0.15) is 0 Å². The Bertz CT molecular complexity index is 640. The van der Waals surface area contributed by atoms with Crippen LogP contribution in [0.5, 0.6) is 11.5 Å². The van der Waals surface area contributed by atoms with Gasteiger partial charge < -0.3 is 14.8 Å². The smallest absolute Gasteiger partial charge is 0.251 e. The largest absolute Gasteiger partial charge is 0.454 e. The van der Waals surface area contributed by atoms with Crippen LogP contribution in [0.15, 0.2) is 46.9 Å². The zero-order valence-corrected chi connectivity index (χ0v) is 12.1. The summed E-state index contributed by atoms with van der Waals surface area (Å²) in [4.78, 5) is 12.0. The van der Waals surface area contributed by atoms with E-state index < -0.39 is 0 Å². The summed E-state index contributed by atoms with van der Waals surface area (Å²) >= 11 is 3.34. The van der Waals surface area contributed by atoms with Gasteiger partial charge in [-0.05, 0) is 30.3 Å². The second-order valence-electron chi connectivity index (χ2n) is 4.34. The summed E-state index contributed by atoms with van der Waals surface area (Å²) in [5, 5.41) is 2.87. The summed E-state index contributed by atoms with van der Waals surface area (Å²) < 4.78 is 11.7. The standard InChI is InChI=1S/C15H12BrNO3/c16-12-6-4-10(5-7-12)15(18)17-8-11-2-1-3-13-14(11)20-9-19-13/h1-7H,8-9H2,(H,17,18). The molecule has 1 aliphatic rings. The number of hydrogen-bond donors (Lipinski definition) is 1. The van der Waals surface area contributed by atoms with Crippen molar-refractivity contribution in [3.8, 4) is 11.5 Å². The van der Waals surface area contributed by atoms with Crippen molar-refractivity contribution in [3.63, 3.8) is 0 Å². The van der Waals surface area contributed by atoms with Crippen molar-refractivity contribution in [1.82, 2.24) is 5.32 Å². The molecule has 20 heavy (non-hydrogen) atoms. The number of fused-ring (bicyclic) bond motifs is 1. The molecule has 0 aromatic heterocycles. The van der Waals surface area contributed by atoms with Gasteiger partial charge in [0.1, 0.15) is 0 Å². The van der Waals surface area contributed by atoms with Crippen LogP contribution in [-0.2, 0) is 6.54 Å². The first-order valence-corrected chi connectivity index (χ1v) is 6.94. The lowest BCUT2D eigenvalue weighted by molar-refractivity contribution is 0.0950. The van der Waals surface area contributed by atoms with Gasteiger partial charge in [0.2, 0.25) is 6.79 Å². The summed E-state index contributed by atoms with van der Waals surface area (Å²) in [6.45, 7) is 0.633. The minimum absolute atomic E-state index is 0.117. The lowest BCUT2D eigenvalue weighted by Crippen LogP contribution is -2.22. The van der Waals surface area contributed by atoms with Crippen molar-refractivity contribution in [1.29, 1.82) is 0 Å². The normalized spacial score (nSPS) is 12.2. The fraction of sp³-hybridized carbons (Fsp3) is 0.133. The van der Waals surface area contributed by atoms with Gasteiger partial charge in [-0.3, -0.25) is 4.79 Å². The van der Waals surface area contributed by atoms with Gasteiger partial charge in [0.25, 0.3) is 5.91 Å². The molecule has 1 amide bonds. The van der Waals surface area contributed by atoms with Crippen molar-refractivity contribution in [3.05, 3.63) is 58.1 Å². The topological polar surface area (TPSA) is 47.6 Å². The molecular weight excluding hydrogens is 322 g/mol. The molecule has 1 heterocycles. The van der Waals surface area contributed by atoms with E-state index in [2.05, 4.69) is 21.2 Å². The minimum Gasteiger partial charge on any atom is -0.454 e. The molecular formula is C15H12BrNO3. The molecule has 0 fully saturated rings. The van der Waals surface area contributed by atoms with Crippen LogP contribution in [0.4, 0.5) is 0 Å². The highest BCUT2D eigenvalue weighted by molar-refractivity contribution is 9.10. The van der Waals surface area contributed by atoms with Crippen LogP contribution in [0.1, 0.15) is 15.9 Å². The highest BCUT2D eigenvalue weighted by Gasteiger charge is 2.17. The van der Waals surface area contributed by atoms with Gasteiger partial charge in [0.05, 0.1) is 0 Å². The third-order valence-electron chi connectivity index (χ3n) is 3.02. The van der Waals surface area contributed by atoms with E-state index in [4.69, 9.17) is 9.47 Å². The van der Waals surface area contributed by atoms with Crippen molar-refractivity contribution in [2.24, 2.45) is 0 Å². The SMILES string of the molecule is O=C(NCc1cccc2c1OCO2)c1ccc(Br)cc1. The predicted molar refractivity (Wildman–Crippen MR) is 77.9 cm³/mol. The number of halogens is 1. The van der Waals surface area contributed by atoms with Gasteiger partial charge >= 0.3 is 0 Å². The number of para-hydroxylation sites is 1. The van der Waals surface area contributed by atoms with E-state index in [0.29, 0.717) is 17.9 Å². The van der Waals surface area contributed by atoms with Crippen LogP contribution in [0.2, 0.25) is 0 Å². The fourth-order valence-electron chi connectivity index (χ4n) is 2.01. The molecule has 2 aromatic carbocycles. The van der Waals surface area contributed by atoms with Crippen LogP contribution in [-0.4, -0.2) is 12.7 Å². The number of ether oxygens (including phenoxy) is 2. The Balaban J connectivity index is 1.69. The molecule has 4 nitrogen and oxygen atoms in total.